The van der Waals surface area contributed by atoms with Gasteiger partial charge in [0.05, 0.1) is 0 Å². The lowest BCUT2D eigenvalue weighted by atomic mass is 9.96. The van der Waals surface area contributed by atoms with E-state index in [1.807, 2.05) is 0 Å². The molecule has 2 rings (SSSR count). The van der Waals surface area contributed by atoms with Crippen LogP contribution in [0.3, 0.4) is 0 Å². The van der Waals surface area contributed by atoms with Crippen molar-refractivity contribution < 1.29 is 0 Å². The third-order valence-electron chi connectivity index (χ3n) is 3.78. The maximum Gasteiger partial charge on any atom is 0.00303 e. The Morgan fingerprint density at radius 1 is 0.933 bits per heavy atom. The summed E-state index contributed by atoms with van der Waals surface area (Å²) in [7, 11) is 0. The number of likely N-dealkylation sites (tertiary alicyclic amines) is 2. The average Bonchev–Trinajstić information content (AvgIpc) is 2.57. The van der Waals surface area contributed by atoms with E-state index in [0.29, 0.717) is 5.41 Å². The molecule has 2 aliphatic heterocycles. The lowest BCUT2D eigenvalue weighted by Crippen LogP contribution is -2.34. The van der Waals surface area contributed by atoms with Gasteiger partial charge in [-0.2, -0.15) is 0 Å². The van der Waals surface area contributed by atoms with Gasteiger partial charge in [-0.3, -0.25) is 0 Å². The highest BCUT2D eigenvalue weighted by atomic mass is 15.2. The van der Waals surface area contributed by atoms with E-state index >= 15 is 0 Å². The second-order valence-corrected chi connectivity index (χ2v) is 6.63. The zero-order valence-electron chi connectivity index (χ0n) is 10.8. The molecular weight excluding hydrogens is 184 g/mol. The summed E-state index contributed by atoms with van der Waals surface area (Å²) in [4.78, 5) is 5.30. The van der Waals surface area contributed by atoms with Crippen LogP contribution in [0.4, 0.5) is 0 Å². The van der Waals surface area contributed by atoms with E-state index < -0.39 is 0 Å². The second-order valence-electron chi connectivity index (χ2n) is 6.63. The van der Waals surface area contributed by atoms with Crippen molar-refractivity contribution >= 4 is 0 Å². The van der Waals surface area contributed by atoms with Gasteiger partial charge >= 0.3 is 0 Å². The molecule has 2 saturated heterocycles. The molecule has 0 amide bonds. The Morgan fingerprint density at radius 2 is 1.40 bits per heavy atom. The highest BCUT2D eigenvalue weighted by molar-refractivity contribution is 4.93. The average molecular weight is 210 g/mol. The molecule has 0 saturated carbocycles. The van der Waals surface area contributed by atoms with Crippen LogP contribution in [0.25, 0.3) is 0 Å². The molecule has 2 heterocycles. The summed E-state index contributed by atoms with van der Waals surface area (Å²) >= 11 is 0. The zero-order chi connectivity index (χ0) is 11.1. The SMILES string of the molecule is CCN1CC2CN(CC(C)(C)C)CC2C1. The molecule has 0 spiro atoms. The van der Waals surface area contributed by atoms with Gasteiger partial charge in [0.25, 0.3) is 0 Å². The zero-order valence-corrected chi connectivity index (χ0v) is 10.8. The van der Waals surface area contributed by atoms with Crippen LogP contribution in [-0.4, -0.2) is 49.1 Å². The van der Waals surface area contributed by atoms with Gasteiger partial charge in [0, 0.05) is 32.7 Å². The van der Waals surface area contributed by atoms with Gasteiger partial charge in [0.15, 0.2) is 0 Å². The fraction of sp³-hybridized carbons (Fsp3) is 1.00. The minimum Gasteiger partial charge on any atom is -0.303 e. The summed E-state index contributed by atoms with van der Waals surface area (Å²) in [6.45, 7) is 17.2. The van der Waals surface area contributed by atoms with Crippen LogP contribution in [0.5, 0.6) is 0 Å². The van der Waals surface area contributed by atoms with E-state index in [0.717, 1.165) is 11.8 Å². The first-order valence-electron chi connectivity index (χ1n) is 6.42. The summed E-state index contributed by atoms with van der Waals surface area (Å²) in [5.41, 5.74) is 0.461. The normalized spacial score (nSPS) is 33.6. The van der Waals surface area contributed by atoms with Crippen molar-refractivity contribution in [1.29, 1.82) is 0 Å². The Kier molecular flexibility index (Phi) is 3.09. The molecular formula is C13H26N2. The van der Waals surface area contributed by atoms with Gasteiger partial charge in [0.1, 0.15) is 0 Å². The van der Waals surface area contributed by atoms with Crippen molar-refractivity contribution in [1.82, 2.24) is 9.80 Å². The van der Waals surface area contributed by atoms with Gasteiger partial charge in [-0.1, -0.05) is 27.7 Å². The second kappa shape index (κ2) is 4.06. The van der Waals surface area contributed by atoms with Crippen molar-refractivity contribution in [3.8, 4) is 0 Å². The van der Waals surface area contributed by atoms with Crippen LogP contribution in [0.2, 0.25) is 0 Å². The molecule has 2 heteroatoms. The topological polar surface area (TPSA) is 6.48 Å². The molecule has 2 atom stereocenters. The highest BCUT2D eigenvalue weighted by Gasteiger charge is 2.39. The maximum absolute atomic E-state index is 2.68. The molecule has 2 aliphatic rings. The van der Waals surface area contributed by atoms with Gasteiger partial charge in [-0.05, 0) is 23.8 Å². The predicted octanol–water partition coefficient (Wildman–Crippen LogP) is 1.92. The van der Waals surface area contributed by atoms with Gasteiger partial charge in [0.2, 0.25) is 0 Å². The van der Waals surface area contributed by atoms with Gasteiger partial charge in [-0.15, -0.1) is 0 Å². The molecule has 0 aliphatic carbocycles. The molecule has 0 aromatic rings. The van der Waals surface area contributed by atoms with E-state index in [2.05, 4.69) is 37.5 Å². The summed E-state index contributed by atoms with van der Waals surface area (Å²) in [6, 6.07) is 0. The molecule has 0 bridgehead atoms. The monoisotopic (exact) mass is 210 g/mol. The molecule has 0 radical (unpaired) electrons. The van der Waals surface area contributed by atoms with E-state index in [4.69, 9.17) is 0 Å². The largest absolute Gasteiger partial charge is 0.303 e. The van der Waals surface area contributed by atoms with Crippen LogP contribution < -0.4 is 0 Å². The highest BCUT2D eigenvalue weighted by Crippen LogP contribution is 2.32. The number of hydrogen-bond acceptors (Lipinski definition) is 2. The standard InChI is InChI=1S/C13H26N2/c1-5-14-6-11-8-15(9-12(11)7-14)10-13(2,3)4/h11-12H,5-10H2,1-4H3. The van der Waals surface area contributed by atoms with Crippen molar-refractivity contribution in [2.75, 3.05) is 39.3 Å². The van der Waals surface area contributed by atoms with E-state index in [9.17, 15) is 0 Å². The summed E-state index contributed by atoms with van der Waals surface area (Å²) in [6.07, 6.45) is 0. The smallest absolute Gasteiger partial charge is 0.00303 e. The quantitative estimate of drug-likeness (QED) is 0.687. The van der Waals surface area contributed by atoms with Crippen LogP contribution in [-0.2, 0) is 0 Å². The first-order valence-corrected chi connectivity index (χ1v) is 6.42. The lowest BCUT2D eigenvalue weighted by molar-refractivity contribution is 0.199. The maximum atomic E-state index is 2.68. The fourth-order valence-corrected chi connectivity index (χ4v) is 3.25. The van der Waals surface area contributed by atoms with Crippen LogP contribution >= 0.6 is 0 Å². The summed E-state index contributed by atoms with van der Waals surface area (Å²) < 4.78 is 0. The Balaban J connectivity index is 1.83. The van der Waals surface area contributed by atoms with Crippen molar-refractivity contribution in [3.63, 3.8) is 0 Å². The Morgan fingerprint density at radius 3 is 1.80 bits per heavy atom. The van der Waals surface area contributed by atoms with Gasteiger partial charge < -0.3 is 9.80 Å². The minimum atomic E-state index is 0.461. The van der Waals surface area contributed by atoms with Crippen LogP contribution in [0.15, 0.2) is 0 Å². The molecule has 0 N–H and O–H groups in total. The number of fused-ring (bicyclic) bond motifs is 1. The minimum absolute atomic E-state index is 0.461. The Labute approximate surface area is 94.6 Å². The lowest BCUT2D eigenvalue weighted by Gasteiger charge is -2.27. The van der Waals surface area contributed by atoms with E-state index in [1.54, 1.807) is 0 Å². The number of nitrogens with zero attached hydrogens (tertiary/aromatic N) is 2. The molecule has 2 fully saturated rings. The molecule has 88 valence electrons. The molecule has 2 nitrogen and oxygen atoms in total. The molecule has 0 aromatic heterocycles. The van der Waals surface area contributed by atoms with Crippen molar-refractivity contribution in [3.05, 3.63) is 0 Å². The number of rotatable bonds is 2. The first kappa shape index (κ1) is 11.4. The van der Waals surface area contributed by atoms with E-state index in [1.165, 1.54) is 39.3 Å². The summed E-state index contributed by atoms with van der Waals surface area (Å²) in [5.74, 6) is 1.93. The van der Waals surface area contributed by atoms with Crippen LogP contribution in [0, 0.1) is 17.3 Å². The predicted molar refractivity (Wildman–Crippen MR) is 65.0 cm³/mol. The van der Waals surface area contributed by atoms with Gasteiger partial charge in [-0.25, -0.2) is 0 Å². The van der Waals surface area contributed by atoms with Crippen LogP contribution in [0.1, 0.15) is 27.7 Å². The third-order valence-corrected chi connectivity index (χ3v) is 3.78. The Bertz CT molecular complexity index is 205. The third kappa shape index (κ3) is 2.73. The fourth-order valence-electron chi connectivity index (χ4n) is 3.25. The van der Waals surface area contributed by atoms with Crippen molar-refractivity contribution in [2.24, 2.45) is 17.3 Å². The first-order chi connectivity index (χ1) is 6.98. The Hall–Kier alpha value is -0.0800. The van der Waals surface area contributed by atoms with E-state index in [-0.39, 0.29) is 0 Å². The number of hydrogen-bond donors (Lipinski definition) is 0. The molecule has 15 heavy (non-hydrogen) atoms. The van der Waals surface area contributed by atoms with Crippen molar-refractivity contribution in [2.45, 2.75) is 27.7 Å². The summed E-state index contributed by atoms with van der Waals surface area (Å²) in [5, 5.41) is 0. The molecule has 2 unspecified atom stereocenters. The molecule has 0 aromatic carbocycles.